The van der Waals surface area contributed by atoms with Gasteiger partial charge in [-0.15, -0.1) is 0 Å². The highest BCUT2D eigenvalue weighted by atomic mass is 19.1. The summed E-state index contributed by atoms with van der Waals surface area (Å²) in [5.41, 5.74) is 0.671. The maximum Gasteiger partial charge on any atom is 0.225 e. The highest BCUT2D eigenvalue weighted by molar-refractivity contribution is 5.77. The van der Waals surface area contributed by atoms with E-state index >= 15 is 0 Å². The summed E-state index contributed by atoms with van der Waals surface area (Å²) in [7, 11) is 0. The Morgan fingerprint density at radius 3 is 2.50 bits per heavy atom. The van der Waals surface area contributed by atoms with Crippen molar-refractivity contribution in [2.24, 2.45) is 5.92 Å². The van der Waals surface area contributed by atoms with Crippen LogP contribution in [0.15, 0.2) is 18.2 Å². The number of fused-ring (bicyclic) bond motifs is 2. The molecule has 4 saturated heterocycles. The molecule has 4 aliphatic heterocycles. The van der Waals surface area contributed by atoms with Gasteiger partial charge < -0.3 is 9.64 Å². The van der Waals surface area contributed by atoms with Crippen LogP contribution in [0.25, 0.3) is 0 Å². The zero-order valence-electron chi connectivity index (χ0n) is 15.2. The van der Waals surface area contributed by atoms with E-state index in [2.05, 4.69) is 4.90 Å². The number of carbonyl (C=O) groups is 1. The summed E-state index contributed by atoms with van der Waals surface area (Å²) in [4.78, 5) is 17.2. The summed E-state index contributed by atoms with van der Waals surface area (Å²) in [5, 5.41) is 0. The summed E-state index contributed by atoms with van der Waals surface area (Å²) in [5.74, 6) is -0.544. The molecule has 4 aliphatic rings. The van der Waals surface area contributed by atoms with Gasteiger partial charge in [0.2, 0.25) is 5.91 Å². The van der Waals surface area contributed by atoms with Gasteiger partial charge in [-0.2, -0.15) is 0 Å². The predicted octanol–water partition coefficient (Wildman–Crippen LogP) is 2.78. The van der Waals surface area contributed by atoms with Gasteiger partial charge in [0, 0.05) is 31.2 Å². The van der Waals surface area contributed by atoms with Crippen molar-refractivity contribution in [1.29, 1.82) is 0 Å². The standard InChI is InChI=1S/C20H26F2N2O2/c1-2-26-8-5-18(25)24-12-17(14-9-15(21)11-16(22)10-14)20-19(24)13-3-6-23(20)7-4-13/h9-11,13,17,19-20H,2-8,12H2,1H3/t17-,19+,20+/m0/s1. The minimum Gasteiger partial charge on any atom is -0.381 e. The Kier molecular flexibility index (Phi) is 4.97. The molecule has 4 heterocycles. The Bertz CT molecular complexity index is 656. The molecule has 5 rings (SSSR count). The van der Waals surface area contributed by atoms with Crippen molar-refractivity contribution < 1.29 is 18.3 Å². The van der Waals surface area contributed by atoms with Gasteiger partial charge in [-0.05, 0) is 56.5 Å². The molecular formula is C20H26F2N2O2. The first kappa shape index (κ1) is 17.9. The van der Waals surface area contributed by atoms with Crippen molar-refractivity contribution >= 4 is 5.91 Å². The van der Waals surface area contributed by atoms with Gasteiger partial charge in [0.1, 0.15) is 11.6 Å². The summed E-state index contributed by atoms with van der Waals surface area (Å²) >= 11 is 0. The van der Waals surface area contributed by atoms with E-state index in [1.807, 2.05) is 11.8 Å². The third kappa shape index (κ3) is 3.14. The molecule has 142 valence electrons. The number of nitrogens with zero attached hydrogens (tertiary/aromatic N) is 2. The Hall–Kier alpha value is -1.53. The fraction of sp³-hybridized carbons (Fsp3) is 0.650. The molecule has 0 spiro atoms. The molecule has 3 atom stereocenters. The van der Waals surface area contributed by atoms with E-state index in [-0.39, 0.29) is 23.9 Å². The number of hydrogen-bond acceptors (Lipinski definition) is 3. The van der Waals surface area contributed by atoms with Gasteiger partial charge in [-0.1, -0.05) is 0 Å². The van der Waals surface area contributed by atoms with E-state index in [1.165, 1.54) is 12.1 Å². The van der Waals surface area contributed by atoms with Crippen molar-refractivity contribution in [1.82, 2.24) is 9.80 Å². The van der Waals surface area contributed by atoms with E-state index in [9.17, 15) is 13.6 Å². The molecule has 6 heteroatoms. The van der Waals surface area contributed by atoms with Crippen LogP contribution < -0.4 is 0 Å². The minimum atomic E-state index is -0.548. The SMILES string of the molecule is CCOCCC(=O)N1C[C@@H](c2cc(F)cc(F)c2)[C@@H]2[C@H]1C1CCN2CC1. The number of likely N-dealkylation sites (tertiary alicyclic amines) is 1. The molecule has 2 bridgehead atoms. The normalized spacial score (nSPS) is 32.7. The molecule has 1 aromatic carbocycles. The van der Waals surface area contributed by atoms with E-state index < -0.39 is 11.6 Å². The second-order valence-corrected chi connectivity index (χ2v) is 7.66. The van der Waals surface area contributed by atoms with E-state index in [0.29, 0.717) is 37.7 Å². The lowest BCUT2D eigenvalue weighted by Crippen LogP contribution is -2.60. The second kappa shape index (κ2) is 7.24. The Balaban J connectivity index is 1.62. The first-order valence-electron chi connectivity index (χ1n) is 9.65. The number of halogens is 2. The molecule has 4 fully saturated rings. The molecular weight excluding hydrogens is 338 g/mol. The first-order valence-corrected chi connectivity index (χ1v) is 9.65. The number of carbonyl (C=O) groups excluding carboxylic acids is 1. The lowest BCUT2D eigenvalue weighted by Gasteiger charge is -2.51. The molecule has 26 heavy (non-hydrogen) atoms. The molecule has 0 saturated carbocycles. The summed E-state index contributed by atoms with van der Waals surface area (Å²) < 4.78 is 33.0. The molecule has 0 unspecified atom stereocenters. The monoisotopic (exact) mass is 364 g/mol. The largest absolute Gasteiger partial charge is 0.381 e. The number of piperidine rings is 3. The Labute approximate surface area is 153 Å². The van der Waals surface area contributed by atoms with Crippen molar-refractivity contribution in [3.8, 4) is 0 Å². The van der Waals surface area contributed by atoms with Crippen LogP contribution in [0, 0.1) is 17.6 Å². The summed E-state index contributed by atoms with van der Waals surface area (Å²) in [6.07, 6.45) is 2.56. The van der Waals surface area contributed by atoms with Crippen molar-refractivity contribution in [3.63, 3.8) is 0 Å². The molecule has 0 aliphatic carbocycles. The smallest absolute Gasteiger partial charge is 0.225 e. The summed E-state index contributed by atoms with van der Waals surface area (Å²) in [6.45, 7) is 5.51. The van der Waals surface area contributed by atoms with Gasteiger partial charge in [-0.25, -0.2) is 8.78 Å². The maximum absolute atomic E-state index is 13.8. The first-order chi connectivity index (χ1) is 12.6. The average molecular weight is 364 g/mol. The minimum absolute atomic E-state index is 0.0376. The van der Waals surface area contributed by atoms with Crippen LogP contribution in [0.5, 0.6) is 0 Å². The summed E-state index contributed by atoms with van der Waals surface area (Å²) in [6, 6.07) is 4.10. The highest BCUT2D eigenvalue weighted by Crippen LogP contribution is 2.46. The second-order valence-electron chi connectivity index (χ2n) is 7.66. The zero-order chi connectivity index (χ0) is 18.3. The van der Waals surface area contributed by atoms with Crippen molar-refractivity contribution in [2.45, 2.75) is 44.2 Å². The Morgan fingerprint density at radius 1 is 1.15 bits per heavy atom. The Morgan fingerprint density at radius 2 is 1.85 bits per heavy atom. The zero-order valence-corrected chi connectivity index (χ0v) is 15.2. The number of amides is 1. The third-order valence-electron chi connectivity index (χ3n) is 6.29. The van der Waals surface area contributed by atoms with Crippen LogP contribution in [-0.2, 0) is 9.53 Å². The fourth-order valence-electron chi connectivity index (χ4n) is 5.23. The molecule has 1 aromatic rings. The lowest BCUT2D eigenvalue weighted by molar-refractivity contribution is -0.137. The van der Waals surface area contributed by atoms with Gasteiger partial charge in [0.15, 0.2) is 0 Å². The number of benzene rings is 1. The van der Waals surface area contributed by atoms with Gasteiger partial charge >= 0.3 is 0 Å². The van der Waals surface area contributed by atoms with Crippen LogP contribution in [0.3, 0.4) is 0 Å². The van der Waals surface area contributed by atoms with Crippen LogP contribution in [0.4, 0.5) is 8.78 Å². The van der Waals surface area contributed by atoms with E-state index in [4.69, 9.17) is 4.74 Å². The molecule has 1 amide bonds. The molecule has 0 radical (unpaired) electrons. The van der Waals surface area contributed by atoms with Crippen molar-refractivity contribution in [3.05, 3.63) is 35.4 Å². The van der Waals surface area contributed by atoms with Crippen molar-refractivity contribution in [2.75, 3.05) is 32.8 Å². The molecule has 4 nitrogen and oxygen atoms in total. The lowest BCUT2D eigenvalue weighted by atomic mass is 9.75. The number of rotatable bonds is 5. The predicted molar refractivity (Wildman–Crippen MR) is 93.8 cm³/mol. The fourth-order valence-corrected chi connectivity index (χ4v) is 5.23. The quantitative estimate of drug-likeness (QED) is 0.754. The van der Waals surface area contributed by atoms with E-state index in [1.54, 1.807) is 0 Å². The van der Waals surface area contributed by atoms with Gasteiger partial charge in [0.25, 0.3) is 0 Å². The number of hydrogen-bond donors (Lipinski definition) is 0. The van der Waals surface area contributed by atoms with Gasteiger partial charge in [-0.3, -0.25) is 9.69 Å². The number of ether oxygens (including phenoxy) is 1. The van der Waals surface area contributed by atoms with Crippen LogP contribution in [0.2, 0.25) is 0 Å². The third-order valence-corrected chi connectivity index (χ3v) is 6.29. The molecule has 0 aromatic heterocycles. The average Bonchev–Trinajstić information content (AvgIpc) is 3.05. The van der Waals surface area contributed by atoms with Crippen LogP contribution in [0.1, 0.15) is 37.7 Å². The van der Waals surface area contributed by atoms with Crippen LogP contribution in [-0.4, -0.2) is 60.6 Å². The van der Waals surface area contributed by atoms with Gasteiger partial charge in [0.05, 0.1) is 19.1 Å². The molecule has 0 N–H and O–H groups in total. The van der Waals surface area contributed by atoms with Crippen LogP contribution >= 0.6 is 0 Å². The highest BCUT2D eigenvalue weighted by Gasteiger charge is 2.54. The maximum atomic E-state index is 13.8. The topological polar surface area (TPSA) is 32.8 Å². The van der Waals surface area contributed by atoms with E-state index in [0.717, 1.165) is 32.0 Å².